The largest absolute Gasteiger partial charge is 0.331 e. The van der Waals surface area contributed by atoms with Crippen LogP contribution in [0.3, 0.4) is 0 Å². The molecule has 0 aliphatic carbocycles. The molecule has 1 aliphatic heterocycles. The maximum Gasteiger partial charge on any atom is 0.331 e. The zero-order valence-electron chi connectivity index (χ0n) is 12.6. The molecule has 0 bridgehead atoms. The van der Waals surface area contributed by atoms with E-state index in [1.807, 2.05) is 38.1 Å². The van der Waals surface area contributed by atoms with E-state index >= 15 is 0 Å². The summed E-state index contributed by atoms with van der Waals surface area (Å²) in [6.07, 6.45) is 1.17. The molecule has 2 atom stereocenters. The average Bonchev–Trinajstić information content (AvgIpc) is 2.44. The van der Waals surface area contributed by atoms with Crippen molar-refractivity contribution < 1.29 is 14.4 Å². The van der Waals surface area contributed by atoms with E-state index in [4.69, 9.17) is 0 Å². The van der Waals surface area contributed by atoms with Gasteiger partial charge in [-0.15, -0.1) is 0 Å². The van der Waals surface area contributed by atoms with Crippen LogP contribution in [0.15, 0.2) is 24.3 Å². The van der Waals surface area contributed by atoms with Gasteiger partial charge in [0.25, 0.3) is 0 Å². The molecule has 1 saturated heterocycles. The van der Waals surface area contributed by atoms with E-state index in [0.29, 0.717) is 12.8 Å². The lowest BCUT2D eigenvalue weighted by Gasteiger charge is -2.34. The minimum Gasteiger partial charge on any atom is -0.277 e. The smallest absolute Gasteiger partial charge is 0.277 e. The third-order valence-corrected chi connectivity index (χ3v) is 3.83. The van der Waals surface area contributed by atoms with Crippen LogP contribution in [0.5, 0.6) is 0 Å². The highest BCUT2D eigenvalue weighted by Gasteiger charge is 2.42. The highest BCUT2D eigenvalue weighted by molar-refractivity contribution is 6.16. The first-order valence-corrected chi connectivity index (χ1v) is 7.20. The number of hydrogen-bond acceptors (Lipinski definition) is 3. The summed E-state index contributed by atoms with van der Waals surface area (Å²) in [4.78, 5) is 37.4. The Hall–Kier alpha value is -2.17. The lowest BCUT2D eigenvalue weighted by Crippen LogP contribution is -2.58. The van der Waals surface area contributed by atoms with Gasteiger partial charge in [0.05, 0.1) is 6.04 Å². The number of rotatable bonds is 4. The minimum atomic E-state index is -0.763. The molecule has 4 amide bonds. The maximum atomic E-state index is 12.5. The fourth-order valence-electron chi connectivity index (χ4n) is 2.54. The third-order valence-electron chi connectivity index (χ3n) is 3.83. The number of nitrogens with one attached hydrogen (secondary N) is 1. The Bertz CT molecular complexity index is 565. The molecule has 0 spiro atoms. The topological polar surface area (TPSA) is 66.5 Å². The van der Waals surface area contributed by atoms with Crippen LogP contribution >= 0.6 is 0 Å². The average molecular weight is 288 g/mol. The van der Waals surface area contributed by atoms with Crippen LogP contribution < -0.4 is 5.32 Å². The van der Waals surface area contributed by atoms with E-state index in [-0.39, 0.29) is 0 Å². The summed E-state index contributed by atoms with van der Waals surface area (Å²) in [5.41, 5.74) is 1.98. The van der Waals surface area contributed by atoms with Gasteiger partial charge in [0.15, 0.2) is 0 Å². The van der Waals surface area contributed by atoms with E-state index in [0.717, 1.165) is 16.0 Å². The molecule has 112 valence electrons. The van der Waals surface area contributed by atoms with E-state index in [2.05, 4.69) is 5.32 Å². The molecular formula is C16H20N2O3. The van der Waals surface area contributed by atoms with Crippen molar-refractivity contribution in [1.29, 1.82) is 0 Å². The second kappa shape index (κ2) is 6.08. The normalized spacial score (nSPS) is 20.4. The lowest BCUT2D eigenvalue weighted by atomic mass is 9.96. The number of urea groups is 1. The second-order valence-corrected chi connectivity index (χ2v) is 5.43. The van der Waals surface area contributed by atoms with Gasteiger partial charge in [-0.05, 0) is 25.8 Å². The Labute approximate surface area is 124 Å². The molecule has 0 aromatic heterocycles. The summed E-state index contributed by atoms with van der Waals surface area (Å²) in [5.74, 6) is -1.65. The van der Waals surface area contributed by atoms with E-state index in [1.54, 1.807) is 6.92 Å². The summed E-state index contributed by atoms with van der Waals surface area (Å²) < 4.78 is 0. The Morgan fingerprint density at radius 3 is 2.38 bits per heavy atom. The first-order chi connectivity index (χ1) is 9.95. The van der Waals surface area contributed by atoms with Crippen LogP contribution in [0.25, 0.3) is 0 Å². The molecule has 2 rings (SSSR count). The molecule has 1 N–H and O–H groups in total. The number of nitrogens with zero attached hydrogens (tertiary/aromatic N) is 1. The van der Waals surface area contributed by atoms with Crippen molar-refractivity contribution in [3.63, 3.8) is 0 Å². The van der Waals surface area contributed by atoms with Crippen molar-refractivity contribution in [1.82, 2.24) is 10.2 Å². The fraction of sp³-hybridized carbons (Fsp3) is 0.438. The van der Waals surface area contributed by atoms with Gasteiger partial charge < -0.3 is 0 Å². The van der Waals surface area contributed by atoms with E-state index in [1.165, 1.54) is 0 Å². The summed E-state index contributed by atoms with van der Waals surface area (Å²) in [7, 11) is 0. The molecule has 1 heterocycles. The maximum absolute atomic E-state index is 12.5. The highest BCUT2D eigenvalue weighted by atomic mass is 16.2. The van der Waals surface area contributed by atoms with Gasteiger partial charge >= 0.3 is 6.03 Å². The van der Waals surface area contributed by atoms with E-state index in [9.17, 15) is 14.4 Å². The molecular weight excluding hydrogens is 268 g/mol. The number of benzene rings is 1. The fourth-order valence-corrected chi connectivity index (χ4v) is 2.54. The Balaban J connectivity index is 2.27. The van der Waals surface area contributed by atoms with Crippen LogP contribution in [-0.2, 0) is 9.59 Å². The van der Waals surface area contributed by atoms with Crippen LogP contribution in [-0.4, -0.2) is 22.7 Å². The van der Waals surface area contributed by atoms with Gasteiger partial charge in [-0.25, -0.2) is 4.79 Å². The van der Waals surface area contributed by atoms with Crippen molar-refractivity contribution in [2.75, 3.05) is 0 Å². The number of amides is 4. The monoisotopic (exact) mass is 288 g/mol. The Morgan fingerprint density at radius 2 is 1.81 bits per heavy atom. The zero-order valence-corrected chi connectivity index (χ0v) is 12.6. The molecule has 1 aromatic carbocycles. The van der Waals surface area contributed by atoms with Crippen molar-refractivity contribution in [3.8, 4) is 0 Å². The molecule has 5 nitrogen and oxygen atoms in total. The second-order valence-electron chi connectivity index (χ2n) is 5.43. The number of carbonyl (C=O) groups is 3. The number of barbiturate groups is 1. The van der Waals surface area contributed by atoms with Crippen LogP contribution in [0.1, 0.15) is 43.9 Å². The Kier molecular flexibility index (Phi) is 4.40. The summed E-state index contributed by atoms with van der Waals surface area (Å²) in [5, 5.41) is 2.28. The first-order valence-electron chi connectivity index (χ1n) is 7.20. The number of aryl methyl sites for hydroxylation is 1. The lowest BCUT2D eigenvalue weighted by molar-refractivity contribution is -0.144. The van der Waals surface area contributed by atoms with Gasteiger partial charge in [0, 0.05) is 0 Å². The van der Waals surface area contributed by atoms with Crippen molar-refractivity contribution >= 4 is 17.8 Å². The zero-order chi connectivity index (χ0) is 15.6. The number of imide groups is 2. The molecule has 1 fully saturated rings. The van der Waals surface area contributed by atoms with Crippen molar-refractivity contribution in [2.24, 2.45) is 5.92 Å². The molecule has 0 radical (unpaired) electrons. The molecule has 2 unspecified atom stereocenters. The van der Waals surface area contributed by atoms with Crippen LogP contribution in [0.4, 0.5) is 4.79 Å². The van der Waals surface area contributed by atoms with Gasteiger partial charge in [0.1, 0.15) is 5.92 Å². The summed E-state index contributed by atoms with van der Waals surface area (Å²) in [6.45, 7) is 5.68. The van der Waals surface area contributed by atoms with Gasteiger partial charge in [-0.1, -0.05) is 43.2 Å². The molecule has 1 aromatic rings. The predicted molar refractivity (Wildman–Crippen MR) is 78.4 cm³/mol. The van der Waals surface area contributed by atoms with Crippen LogP contribution in [0.2, 0.25) is 0 Å². The third kappa shape index (κ3) is 2.96. The molecule has 21 heavy (non-hydrogen) atoms. The van der Waals surface area contributed by atoms with E-state index < -0.39 is 29.8 Å². The van der Waals surface area contributed by atoms with Gasteiger partial charge in [-0.2, -0.15) is 0 Å². The first kappa shape index (κ1) is 15.2. The minimum absolute atomic E-state index is 0.398. The van der Waals surface area contributed by atoms with Crippen molar-refractivity contribution in [3.05, 3.63) is 35.4 Å². The van der Waals surface area contributed by atoms with Crippen LogP contribution in [0, 0.1) is 12.8 Å². The highest BCUT2D eigenvalue weighted by Crippen LogP contribution is 2.26. The Morgan fingerprint density at radius 1 is 1.19 bits per heavy atom. The molecule has 0 saturated carbocycles. The summed E-state index contributed by atoms with van der Waals surface area (Å²) in [6, 6.07) is 6.63. The van der Waals surface area contributed by atoms with Gasteiger partial charge in [0.2, 0.25) is 11.8 Å². The SMILES string of the molecule is CCCC1C(=O)NC(=O)N(C(C)c2ccc(C)cc2)C1=O. The van der Waals surface area contributed by atoms with Gasteiger partial charge in [-0.3, -0.25) is 19.8 Å². The van der Waals surface area contributed by atoms with Crippen molar-refractivity contribution in [2.45, 2.75) is 39.7 Å². The predicted octanol–water partition coefficient (Wildman–Crippen LogP) is 2.55. The standard InChI is InChI=1S/C16H20N2O3/c1-4-5-13-14(19)17-16(21)18(15(13)20)11(3)12-8-6-10(2)7-9-12/h6-9,11,13H,4-5H2,1-3H3,(H,17,19,21). The number of carbonyl (C=O) groups excluding carboxylic acids is 3. The summed E-state index contributed by atoms with van der Waals surface area (Å²) >= 11 is 0. The number of hydrogen-bond donors (Lipinski definition) is 1. The molecule has 5 heteroatoms. The molecule has 1 aliphatic rings. The quantitative estimate of drug-likeness (QED) is 0.866.